The number of nitrogens with zero attached hydrogens (tertiary/aromatic N) is 3. The molecule has 0 bridgehead atoms. The number of ether oxygens (including phenoxy) is 2. The molecule has 4 heterocycles. The van der Waals surface area contributed by atoms with Gasteiger partial charge >= 0.3 is 0 Å². The van der Waals surface area contributed by atoms with Crippen LogP contribution in [0, 0.1) is 11.7 Å². The van der Waals surface area contributed by atoms with Gasteiger partial charge in [0.1, 0.15) is 5.82 Å². The summed E-state index contributed by atoms with van der Waals surface area (Å²) in [5, 5.41) is 5.18. The summed E-state index contributed by atoms with van der Waals surface area (Å²) in [6.45, 7) is 4.84. The molecule has 188 valence electrons. The van der Waals surface area contributed by atoms with Gasteiger partial charge in [0.05, 0.1) is 5.69 Å². The number of hydrogen-bond acceptors (Lipinski definition) is 6. The van der Waals surface area contributed by atoms with Crippen LogP contribution in [0.1, 0.15) is 42.9 Å². The van der Waals surface area contributed by atoms with Gasteiger partial charge in [-0.2, -0.15) is 0 Å². The number of rotatable bonds is 5. The molecule has 2 aromatic carbocycles. The summed E-state index contributed by atoms with van der Waals surface area (Å²) in [4.78, 5) is 17.4. The van der Waals surface area contributed by atoms with Gasteiger partial charge in [-0.15, -0.1) is 0 Å². The smallest absolute Gasteiger partial charge is 0.246 e. The van der Waals surface area contributed by atoms with Crippen LogP contribution in [0.4, 0.5) is 4.39 Å². The van der Waals surface area contributed by atoms with Crippen LogP contribution in [0.2, 0.25) is 0 Å². The van der Waals surface area contributed by atoms with E-state index in [9.17, 15) is 9.18 Å². The third-order valence-electron chi connectivity index (χ3n) is 7.60. The Morgan fingerprint density at radius 1 is 1.06 bits per heavy atom. The maximum atomic E-state index is 13.5. The summed E-state index contributed by atoms with van der Waals surface area (Å²) in [7, 11) is 0. The second-order valence-corrected chi connectivity index (χ2v) is 10.0. The number of aromatic nitrogens is 1. The number of benzene rings is 2. The van der Waals surface area contributed by atoms with Crippen LogP contribution in [-0.4, -0.2) is 60.4 Å². The quantitative estimate of drug-likeness (QED) is 0.477. The van der Waals surface area contributed by atoms with Crippen molar-refractivity contribution in [1.29, 1.82) is 0 Å². The average molecular weight is 492 g/mol. The van der Waals surface area contributed by atoms with Crippen LogP contribution < -0.4 is 9.47 Å². The highest BCUT2D eigenvalue weighted by atomic mass is 19.1. The molecule has 1 aromatic heterocycles. The van der Waals surface area contributed by atoms with Crippen molar-refractivity contribution in [2.45, 2.75) is 31.6 Å². The van der Waals surface area contributed by atoms with Crippen LogP contribution in [0.15, 0.2) is 47.0 Å². The summed E-state index contributed by atoms with van der Waals surface area (Å²) in [5.41, 5.74) is 2.40. The number of amides is 1. The highest BCUT2D eigenvalue weighted by Crippen LogP contribution is 2.34. The van der Waals surface area contributed by atoms with Gasteiger partial charge < -0.3 is 23.8 Å². The lowest BCUT2D eigenvalue weighted by molar-refractivity contribution is -0.127. The van der Waals surface area contributed by atoms with Crippen LogP contribution in [0.25, 0.3) is 17.0 Å². The molecule has 1 atom stereocenters. The van der Waals surface area contributed by atoms with E-state index in [-0.39, 0.29) is 18.5 Å². The van der Waals surface area contributed by atoms with E-state index < -0.39 is 0 Å². The molecule has 0 N–H and O–H groups in total. The largest absolute Gasteiger partial charge is 0.454 e. The SMILES string of the molecule is O=C(/C=C/c1ccc2c(c1)OCO2)N1CCC[C@H](CN2CCC(c3noc4cc(F)ccc34)CC2)C1. The molecule has 3 aromatic rings. The van der Waals surface area contributed by atoms with Gasteiger partial charge in [0.2, 0.25) is 12.7 Å². The summed E-state index contributed by atoms with van der Waals surface area (Å²) in [6, 6.07) is 10.4. The molecule has 36 heavy (non-hydrogen) atoms. The monoisotopic (exact) mass is 491 g/mol. The second-order valence-electron chi connectivity index (χ2n) is 10.0. The van der Waals surface area contributed by atoms with Crippen molar-refractivity contribution in [3.05, 3.63) is 59.5 Å². The van der Waals surface area contributed by atoms with Gasteiger partial charge in [-0.25, -0.2) is 4.39 Å². The Morgan fingerprint density at radius 2 is 1.92 bits per heavy atom. The van der Waals surface area contributed by atoms with Crippen molar-refractivity contribution in [2.24, 2.45) is 5.92 Å². The molecule has 6 rings (SSSR count). The molecule has 7 nitrogen and oxygen atoms in total. The van der Waals surface area contributed by atoms with Gasteiger partial charge in [-0.1, -0.05) is 11.2 Å². The lowest BCUT2D eigenvalue weighted by Gasteiger charge is -2.37. The lowest BCUT2D eigenvalue weighted by Crippen LogP contribution is -2.44. The summed E-state index contributed by atoms with van der Waals surface area (Å²) in [6.07, 6.45) is 7.71. The maximum Gasteiger partial charge on any atom is 0.246 e. The molecule has 3 aliphatic heterocycles. The minimum Gasteiger partial charge on any atom is -0.454 e. The zero-order chi connectivity index (χ0) is 24.5. The zero-order valence-corrected chi connectivity index (χ0v) is 20.2. The van der Waals surface area contributed by atoms with Crippen LogP contribution >= 0.6 is 0 Å². The van der Waals surface area contributed by atoms with Gasteiger partial charge in [-0.3, -0.25) is 4.79 Å². The second kappa shape index (κ2) is 9.93. The molecule has 1 amide bonds. The number of piperidine rings is 2. The van der Waals surface area contributed by atoms with E-state index in [0.717, 1.165) is 86.5 Å². The molecular weight excluding hydrogens is 461 g/mol. The highest BCUT2D eigenvalue weighted by Gasteiger charge is 2.29. The van der Waals surface area contributed by atoms with Crippen molar-refractivity contribution in [3.8, 4) is 11.5 Å². The van der Waals surface area contributed by atoms with Gasteiger partial charge in [-0.05, 0) is 80.6 Å². The number of halogens is 1. The van der Waals surface area contributed by atoms with Crippen molar-refractivity contribution in [2.75, 3.05) is 39.5 Å². The van der Waals surface area contributed by atoms with Crippen molar-refractivity contribution >= 4 is 23.0 Å². The highest BCUT2D eigenvalue weighted by molar-refractivity contribution is 5.92. The Labute approximate surface area is 209 Å². The van der Waals surface area contributed by atoms with E-state index in [1.54, 1.807) is 12.1 Å². The third kappa shape index (κ3) is 4.82. The lowest BCUT2D eigenvalue weighted by atomic mass is 9.90. The number of hydrogen-bond donors (Lipinski definition) is 0. The van der Waals surface area contributed by atoms with E-state index in [2.05, 4.69) is 10.1 Å². The predicted molar refractivity (Wildman–Crippen MR) is 133 cm³/mol. The third-order valence-corrected chi connectivity index (χ3v) is 7.60. The first-order valence-electron chi connectivity index (χ1n) is 12.8. The minimum atomic E-state index is -0.302. The van der Waals surface area contributed by atoms with Gasteiger partial charge in [0, 0.05) is 43.1 Å². The van der Waals surface area contributed by atoms with Crippen LogP contribution in [-0.2, 0) is 4.79 Å². The van der Waals surface area contributed by atoms with Crippen molar-refractivity contribution in [3.63, 3.8) is 0 Å². The molecule has 8 heteroatoms. The summed E-state index contributed by atoms with van der Waals surface area (Å²) in [5.74, 6) is 2.03. The maximum absolute atomic E-state index is 13.5. The Hall–Kier alpha value is -3.39. The number of fused-ring (bicyclic) bond motifs is 2. The Morgan fingerprint density at radius 3 is 2.81 bits per heavy atom. The van der Waals surface area contributed by atoms with Gasteiger partial charge in [0.15, 0.2) is 17.1 Å². The van der Waals surface area contributed by atoms with Crippen molar-refractivity contribution < 1.29 is 23.2 Å². The molecule has 0 saturated carbocycles. The van der Waals surface area contributed by atoms with E-state index >= 15 is 0 Å². The van der Waals surface area contributed by atoms with Crippen LogP contribution in [0.5, 0.6) is 11.5 Å². The molecule has 0 unspecified atom stereocenters. The number of carbonyl (C=O) groups excluding carboxylic acids is 1. The van der Waals surface area contributed by atoms with E-state index in [0.29, 0.717) is 17.4 Å². The molecule has 0 aliphatic carbocycles. The fourth-order valence-electron chi connectivity index (χ4n) is 5.68. The first-order chi connectivity index (χ1) is 17.6. The Kier molecular flexibility index (Phi) is 6.35. The molecule has 3 aliphatic rings. The van der Waals surface area contributed by atoms with Crippen molar-refractivity contribution in [1.82, 2.24) is 15.0 Å². The standard InChI is InChI=1S/C28H30FN3O4/c29-22-5-6-23-25(15-22)36-30-28(23)21-9-12-31(13-10-21)16-20-2-1-11-32(17-20)27(33)8-4-19-3-7-24-26(14-19)35-18-34-24/h3-8,14-15,20-21H,1-2,9-13,16-18H2/b8-4+/t20-/m1/s1. The normalized spacial score (nSPS) is 21.0. The summed E-state index contributed by atoms with van der Waals surface area (Å²) >= 11 is 0. The number of likely N-dealkylation sites (tertiary alicyclic amines) is 2. The minimum absolute atomic E-state index is 0.0606. The zero-order valence-electron chi connectivity index (χ0n) is 20.2. The number of carbonyl (C=O) groups is 1. The Balaban J connectivity index is 1.01. The Bertz CT molecular complexity index is 1280. The fraction of sp³-hybridized carbons (Fsp3) is 0.429. The predicted octanol–water partition coefficient (Wildman–Crippen LogP) is 4.83. The summed E-state index contributed by atoms with van der Waals surface area (Å²) < 4.78 is 29.6. The first kappa shape index (κ1) is 23.0. The molecule has 0 radical (unpaired) electrons. The van der Waals surface area contributed by atoms with Gasteiger partial charge in [0.25, 0.3) is 0 Å². The topological polar surface area (TPSA) is 68.0 Å². The first-order valence-corrected chi connectivity index (χ1v) is 12.8. The average Bonchev–Trinajstić information content (AvgIpc) is 3.54. The van der Waals surface area contributed by atoms with E-state index in [1.165, 1.54) is 12.1 Å². The fourth-order valence-corrected chi connectivity index (χ4v) is 5.68. The van der Waals surface area contributed by atoms with E-state index in [1.807, 2.05) is 29.2 Å². The molecule has 0 spiro atoms. The molecular formula is C28H30FN3O4. The molecule has 2 fully saturated rings. The molecule has 2 saturated heterocycles. The van der Waals surface area contributed by atoms with Crippen LogP contribution in [0.3, 0.4) is 0 Å². The van der Waals surface area contributed by atoms with E-state index in [4.69, 9.17) is 14.0 Å².